The SMILES string of the molecule is O=[N+]([O-])c1cnc(OCC2CC2)nc1Nc1ccc(OC(F)F)cc1. The van der Waals surface area contributed by atoms with Crippen molar-refractivity contribution in [2.24, 2.45) is 5.92 Å². The first-order valence-corrected chi connectivity index (χ1v) is 7.47. The first kappa shape index (κ1) is 16.8. The first-order valence-electron chi connectivity index (χ1n) is 7.47. The molecule has 0 aliphatic heterocycles. The fraction of sp³-hybridized carbons (Fsp3) is 0.333. The number of anilines is 2. The van der Waals surface area contributed by atoms with Crippen LogP contribution in [-0.2, 0) is 0 Å². The number of nitro groups is 1. The van der Waals surface area contributed by atoms with E-state index < -0.39 is 11.5 Å². The van der Waals surface area contributed by atoms with E-state index in [2.05, 4.69) is 20.0 Å². The van der Waals surface area contributed by atoms with E-state index in [0.29, 0.717) is 18.2 Å². The maximum absolute atomic E-state index is 12.1. The van der Waals surface area contributed by atoms with Crippen molar-refractivity contribution in [2.75, 3.05) is 11.9 Å². The lowest BCUT2D eigenvalue weighted by molar-refractivity contribution is -0.384. The number of nitrogens with zero attached hydrogens (tertiary/aromatic N) is 3. The zero-order chi connectivity index (χ0) is 17.8. The van der Waals surface area contributed by atoms with Gasteiger partial charge in [-0.15, -0.1) is 0 Å². The average molecular weight is 352 g/mol. The number of hydrogen-bond acceptors (Lipinski definition) is 7. The molecule has 10 heteroatoms. The maximum atomic E-state index is 12.1. The van der Waals surface area contributed by atoms with E-state index in [1.54, 1.807) is 0 Å². The molecule has 3 rings (SSSR count). The summed E-state index contributed by atoms with van der Waals surface area (Å²) in [5, 5.41) is 13.9. The van der Waals surface area contributed by atoms with Gasteiger partial charge in [0.05, 0.1) is 11.5 Å². The molecule has 0 unspecified atom stereocenters. The largest absolute Gasteiger partial charge is 0.463 e. The van der Waals surface area contributed by atoms with Crippen molar-refractivity contribution in [3.8, 4) is 11.8 Å². The van der Waals surface area contributed by atoms with Gasteiger partial charge in [-0.3, -0.25) is 10.1 Å². The van der Waals surface area contributed by atoms with E-state index in [1.807, 2.05) is 0 Å². The number of aromatic nitrogens is 2. The van der Waals surface area contributed by atoms with Crippen molar-refractivity contribution in [1.29, 1.82) is 0 Å². The molecule has 0 bridgehead atoms. The molecule has 2 aromatic rings. The molecule has 1 fully saturated rings. The summed E-state index contributed by atoms with van der Waals surface area (Å²) in [6.45, 7) is -2.45. The molecule has 1 aromatic carbocycles. The van der Waals surface area contributed by atoms with Crippen LogP contribution in [0.1, 0.15) is 12.8 Å². The van der Waals surface area contributed by atoms with Gasteiger partial charge in [0, 0.05) is 5.69 Å². The van der Waals surface area contributed by atoms with Crippen LogP contribution < -0.4 is 14.8 Å². The number of ether oxygens (including phenoxy) is 2. The summed E-state index contributed by atoms with van der Waals surface area (Å²) in [6, 6.07) is 5.54. The van der Waals surface area contributed by atoms with Gasteiger partial charge in [0.1, 0.15) is 11.9 Å². The summed E-state index contributed by atoms with van der Waals surface area (Å²) in [4.78, 5) is 18.3. The van der Waals surface area contributed by atoms with E-state index in [1.165, 1.54) is 24.3 Å². The second-order valence-electron chi connectivity index (χ2n) is 5.43. The van der Waals surface area contributed by atoms with Gasteiger partial charge < -0.3 is 14.8 Å². The average Bonchev–Trinajstić information content (AvgIpc) is 3.38. The highest BCUT2D eigenvalue weighted by molar-refractivity contribution is 5.65. The second kappa shape index (κ2) is 7.24. The smallest absolute Gasteiger partial charge is 0.387 e. The minimum Gasteiger partial charge on any atom is -0.463 e. The monoisotopic (exact) mass is 352 g/mol. The van der Waals surface area contributed by atoms with E-state index in [4.69, 9.17) is 4.74 Å². The molecule has 25 heavy (non-hydrogen) atoms. The zero-order valence-corrected chi connectivity index (χ0v) is 12.9. The van der Waals surface area contributed by atoms with Crippen molar-refractivity contribution in [3.05, 3.63) is 40.6 Å². The second-order valence-corrected chi connectivity index (χ2v) is 5.43. The molecule has 1 N–H and O–H groups in total. The van der Waals surface area contributed by atoms with Crippen LogP contribution in [0.5, 0.6) is 11.8 Å². The van der Waals surface area contributed by atoms with Crippen LogP contribution in [0.4, 0.5) is 26.0 Å². The Labute approximate surface area is 141 Å². The van der Waals surface area contributed by atoms with Crippen molar-refractivity contribution < 1.29 is 23.2 Å². The molecule has 0 atom stereocenters. The molecular formula is C15H14F2N4O4. The first-order chi connectivity index (χ1) is 12.0. The molecule has 0 saturated heterocycles. The van der Waals surface area contributed by atoms with Gasteiger partial charge in [0.25, 0.3) is 0 Å². The number of nitrogens with one attached hydrogen (secondary N) is 1. The number of alkyl halides is 2. The van der Waals surface area contributed by atoms with Crippen LogP contribution in [0.2, 0.25) is 0 Å². The summed E-state index contributed by atoms with van der Waals surface area (Å²) in [5.41, 5.74) is 0.0863. The third-order valence-corrected chi connectivity index (χ3v) is 3.43. The molecule has 0 spiro atoms. The normalized spacial score (nSPS) is 13.6. The lowest BCUT2D eigenvalue weighted by Crippen LogP contribution is -2.06. The molecule has 0 amide bonds. The summed E-state index contributed by atoms with van der Waals surface area (Å²) >= 11 is 0. The van der Waals surface area contributed by atoms with Crippen LogP contribution in [0.25, 0.3) is 0 Å². The lowest BCUT2D eigenvalue weighted by atomic mass is 10.3. The highest BCUT2D eigenvalue weighted by Crippen LogP contribution is 2.30. The van der Waals surface area contributed by atoms with E-state index in [9.17, 15) is 18.9 Å². The Morgan fingerprint density at radius 2 is 2.04 bits per heavy atom. The molecule has 8 nitrogen and oxygen atoms in total. The van der Waals surface area contributed by atoms with Crippen molar-refractivity contribution in [2.45, 2.75) is 19.5 Å². The molecule has 1 aliphatic carbocycles. The van der Waals surface area contributed by atoms with E-state index in [-0.39, 0.29) is 23.3 Å². The van der Waals surface area contributed by atoms with Crippen molar-refractivity contribution in [3.63, 3.8) is 0 Å². The van der Waals surface area contributed by atoms with Crippen LogP contribution in [0.3, 0.4) is 0 Å². The minimum absolute atomic E-state index is 0.0220. The number of hydrogen-bond donors (Lipinski definition) is 1. The predicted molar refractivity (Wildman–Crippen MR) is 83.3 cm³/mol. The molecule has 132 valence electrons. The van der Waals surface area contributed by atoms with Gasteiger partial charge in [-0.2, -0.15) is 18.7 Å². The Bertz CT molecular complexity index is 754. The Hall–Kier alpha value is -3.04. The number of rotatable bonds is 8. The summed E-state index contributed by atoms with van der Waals surface area (Å²) in [6.07, 6.45) is 3.24. The van der Waals surface area contributed by atoms with Crippen LogP contribution in [-0.4, -0.2) is 28.1 Å². The Balaban J connectivity index is 1.76. The van der Waals surface area contributed by atoms with Gasteiger partial charge in [-0.05, 0) is 43.0 Å². The van der Waals surface area contributed by atoms with Crippen LogP contribution >= 0.6 is 0 Å². The summed E-state index contributed by atoms with van der Waals surface area (Å²) in [5.74, 6) is 0.414. The third-order valence-electron chi connectivity index (χ3n) is 3.43. The fourth-order valence-electron chi connectivity index (χ4n) is 1.99. The van der Waals surface area contributed by atoms with E-state index in [0.717, 1.165) is 19.0 Å². The van der Waals surface area contributed by atoms with Crippen LogP contribution in [0.15, 0.2) is 30.5 Å². The summed E-state index contributed by atoms with van der Waals surface area (Å²) in [7, 11) is 0. The van der Waals surface area contributed by atoms with Crippen molar-refractivity contribution >= 4 is 17.2 Å². The quantitative estimate of drug-likeness (QED) is 0.573. The molecule has 1 saturated carbocycles. The predicted octanol–water partition coefficient (Wildman–Crippen LogP) is 3.52. The number of halogens is 2. The third kappa shape index (κ3) is 4.72. The topological polar surface area (TPSA) is 99.4 Å². The van der Waals surface area contributed by atoms with Gasteiger partial charge >= 0.3 is 18.3 Å². The standard InChI is InChI=1S/C15H14F2N4O4/c16-14(17)25-11-5-3-10(4-6-11)19-13-12(21(22)23)7-18-15(20-13)24-8-9-1-2-9/h3-7,9,14H,1-2,8H2,(H,18,19,20). The van der Waals surface area contributed by atoms with Gasteiger partial charge in [-0.25, -0.2) is 0 Å². The van der Waals surface area contributed by atoms with Crippen LogP contribution in [0, 0.1) is 16.0 Å². The molecule has 1 heterocycles. The highest BCUT2D eigenvalue weighted by Gasteiger charge is 2.23. The van der Waals surface area contributed by atoms with Gasteiger partial charge in [-0.1, -0.05) is 0 Å². The molecule has 0 radical (unpaired) electrons. The lowest BCUT2D eigenvalue weighted by Gasteiger charge is -2.09. The van der Waals surface area contributed by atoms with Gasteiger partial charge in [0.15, 0.2) is 0 Å². The Morgan fingerprint density at radius 3 is 2.64 bits per heavy atom. The fourth-order valence-corrected chi connectivity index (χ4v) is 1.99. The van der Waals surface area contributed by atoms with Gasteiger partial charge in [0.2, 0.25) is 5.82 Å². The Morgan fingerprint density at radius 1 is 1.32 bits per heavy atom. The van der Waals surface area contributed by atoms with E-state index >= 15 is 0 Å². The summed E-state index contributed by atoms with van der Waals surface area (Å²) < 4.78 is 34.0. The zero-order valence-electron chi connectivity index (χ0n) is 12.9. The van der Waals surface area contributed by atoms with Crippen molar-refractivity contribution in [1.82, 2.24) is 9.97 Å². The minimum atomic E-state index is -2.92. The Kier molecular flexibility index (Phi) is 4.87. The maximum Gasteiger partial charge on any atom is 0.387 e. The number of benzene rings is 1. The highest BCUT2D eigenvalue weighted by atomic mass is 19.3. The molecule has 1 aliphatic rings. The molecular weight excluding hydrogens is 338 g/mol. The molecule has 1 aromatic heterocycles.